The summed E-state index contributed by atoms with van der Waals surface area (Å²) >= 11 is 0. The highest BCUT2D eigenvalue weighted by molar-refractivity contribution is 5.36. The molecule has 0 fully saturated rings. The molecule has 0 spiro atoms. The van der Waals surface area contributed by atoms with E-state index in [1.165, 1.54) is 0 Å². The van der Waals surface area contributed by atoms with Crippen molar-refractivity contribution in [1.29, 1.82) is 0 Å². The number of hydrogen-bond donors (Lipinski definition) is 1. The van der Waals surface area contributed by atoms with Gasteiger partial charge in [0.2, 0.25) is 0 Å². The van der Waals surface area contributed by atoms with Crippen LogP contribution >= 0.6 is 0 Å². The second kappa shape index (κ2) is 7.62. The predicted octanol–water partition coefficient (Wildman–Crippen LogP) is 2.42. The lowest BCUT2D eigenvalue weighted by molar-refractivity contribution is 0.000879. The van der Waals surface area contributed by atoms with E-state index in [1.54, 1.807) is 23.2 Å². The highest BCUT2D eigenvalue weighted by Gasteiger charge is 2.07. The van der Waals surface area contributed by atoms with Gasteiger partial charge in [0, 0.05) is 12.4 Å². The SMILES string of the molecule is OC(COCc1ccco1)COc1ccc(-n2cccn2)cc1. The van der Waals surface area contributed by atoms with Crippen molar-refractivity contribution in [2.75, 3.05) is 13.2 Å². The minimum Gasteiger partial charge on any atom is -0.491 e. The van der Waals surface area contributed by atoms with E-state index in [1.807, 2.05) is 42.6 Å². The van der Waals surface area contributed by atoms with Crippen LogP contribution in [-0.4, -0.2) is 34.2 Å². The fourth-order valence-electron chi connectivity index (χ4n) is 2.05. The smallest absolute Gasteiger partial charge is 0.129 e. The fourth-order valence-corrected chi connectivity index (χ4v) is 2.05. The zero-order valence-electron chi connectivity index (χ0n) is 12.5. The van der Waals surface area contributed by atoms with Crippen LogP contribution in [0.1, 0.15) is 5.76 Å². The number of aliphatic hydroxyl groups is 1. The van der Waals surface area contributed by atoms with Crippen molar-refractivity contribution in [3.8, 4) is 11.4 Å². The molecule has 0 saturated heterocycles. The Hall–Kier alpha value is -2.57. The minimum absolute atomic E-state index is 0.166. The second-order valence-corrected chi connectivity index (χ2v) is 5.00. The molecule has 6 nitrogen and oxygen atoms in total. The number of ether oxygens (including phenoxy) is 2. The average molecular weight is 314 g/mol. The maximum atomic E-state index is 9.85. The van der Waals surface area contributed by atoms with Gasteiger partial charge in [-0.1, -0.05) is 0 Å². The molecule has 3 aromatic rings. The van der Waals surface area contributed by atoms with Crippen LogP contribution in [0, 0.1) is 0 Å². The fraction of sp³-hybridized carbons (Fsp3) is 0.235. The van der Waals surface area contributed by atoms with Crippen LogP contribution in [0.15, 0.2) is 65.5 Å². The van der Waals surface area contributed by atoms with Gasteiger partial charge in [0.05, 0.1) is 18.6 Å². The summed E-state index contributed by atoms with van der Waals surface area (Å²) in [5.74, 6) is 1.42. The molecule has 1 unspecified atom stereocenters. The third kappa shape index (κ3) is 4.45. The first kappa shape index (κ1) is 15.3. The maximum Gasteiger partial charge on any atom is 0.129 e. The van der Waals surface area contributed by atoms with Gasteiger partial charge in [-0.25, -0.2) is 4.68 Å². The van der Waals surface area contributed by atoms with Crippen LogP contribution in [-0.2, 0) is 11.3 Å². The van der Waals surface area contributed by atoms with Gasteiger partial charge in [-0.05, 0) is 42.5 Å². The maximum absolute atomic E-state index is 9.85. The van der Waals surface area contributed by atoms with Gasteiger partial charge in [0.25, 0.3) is 0 Å². The molecule has 0 saturated carbocycles. The molecule has 23 heavy (non-hydrogen) atoms. The first-order valence-corrected chi connectivity index (χ1v) is 7.32. The van der Waals surface area contributed by atoms with Gasteiger partial charge in [-0.2, -0.15) is 5.10 Å². The molecule has 1 N–H and O–H groups in total. The molecule has 0 amide bonds. The summed E-state index contributed by atoms with van der Waals surface area (Å²) in [5, 5.41) is 14.0. The van der Waals surface area contributed by atoms with E-state index < -0.39 is 6.10 Å². The van der Waals surface area contributed by atoms with E-state index in [0.717, 1.165) is 11.4 Å². The molecule has 0 bridgehead atoms. The predicted molar refractivity (Wildman–Crippen MR) is 83.4 cm³/mol. The molecule has 0 aliphatic carbocycles. The van der Waals surface area contributed by atoms with Crippen LogP contribution < -0.4 is 4.74 Å². The van der Waals surface area contributed by atoms with Gasteiger partial charge in [0.1, 0.15) is 30.8 Å². The molecule has 3 rings (SSSR count). The average Bonchev–Trinajstić information content (AvgIpc) is 3.27. The molecule has 2 heterocycles. The zero-order chi connectivity index (χ0) is 15.9. The summed E-state index contributed by atoms with van der Waals surface area (Å²) in [6.07, 6.45) is 4.49. The summed E-state index contributed by atoms with van der Waals surface area (Å²) in [7, 11) is 0. The number of nitrogens with zero attached hydrogens (tertiary/aromatic N) is 2. The normalized spacial score (nSPS) is 12.2. The summed E-state index contributed by atoms with van der Waals surface area (Å²) in [4.78, 5) is 0. The van der Waals surface area contributed by atoms with Crippen LogP contribution in [0.4, 0.5) is 0 Å². The summed E-state index contributed by atoms with van der Waals surface area (Å²) in [6, 6.07) is 13.0. The number of hydrogen-bond acceptors (Lipinski definition) is 5. The molecule has 0 aliphatic heterocycles. The molecule has 2 aromatic heterocycles. The Morgan fingerprint density at radius 1 is 1.13 bits per heavy atom. The van der Waals surface area contributed by atoms with Crippen molar-refractivity contribution in [2.45, 2.75) is 12.7 Å². The lowest BCUT2D eigenvalue weighted by Crippen LogP contribution is -2.23. The van der Waals surface area contributed by atoms with Crippen molar-refractivity contribution in [3.63, 3.8) is 0 Å². The largest absolute Gasteiger partial charge is 0.491 e. The number of rotatable bonds is 8. The number of aromatic nitrogens is 2. The van der Waals surface area contributed by atoms with Crippen LogP contribution in [0.5, 0.6) is 5.75 Å². The highest BCUT2D eigenvalue weighted by Crippen LogP contribution is 2.15. The third-order valence-corrected chi connectivity index (χ3v) is 3.18. The van der Waals surface area contributed by atoms with Crippen molar-refractivity contribution in [2.24, 2.45) is 0 Å². The zero-order valence-corrected chi connectivity index (χ0v) is 12.5. The number of furan rings is 1. The molecule has 1 atom stereocenters. The standard InChI is InChI=1S/C17H18N2O4/c20-15(11-21-13-17-3-1-10-22-17)12-23-16-6-4-14(5-7-16)19-9-2-8-18-19/h1-10,15,20H,11-13H2. The van der Waals surface area contributed by atoms with E-state index in [4.69, 9.17) is 13.9 Å². The van der Waals surface area contributed by atoms with Gasteiger partial charge < -0.3 is 19.0 Å². The van der Waals surface area contributed by atoms with Gasteiger partial charge in [-0.3, -0.25) is 0 Å². The molecule has 1 aromatic carbocycles. The molecule has 0 aliphatic rings. The van der Waals surface area contributed by atoms with Gasteiger partial charge in [-0.15, -0.1) is 0 Å². The van der Waals surface area contributed by atoms with E-state index >= 15 is 0 Å². The minimum atomic E-state index is -0.698. The molecular weight excluding hydrogens is 296 g/mol. The Kier molecular flexibility index (Phi) is 5.08. The Bertz CT molecular complexity index is 678. The Morgan fingerprint density at radius 2 is 2.00 bits per heavy atom. The summed E-state index contributed by atoms with van der Waals surface area (Å²) < 4.78 is 17.8. The monoisotopic (exact) mass is 314 g/mol. The molecule has 0 radical (unpaired) electrons. The number of benzene rings is 1. The topological polar surface area (TPSA) is 69.7 Å². The van der Waals surface area contributed by atoms with Crippen molar-refractivity contribution >= 4 is 0 Å². The van der Waals surface area contributed by atoms with Gasteiger partial charge >= 0.3 is 0 Å². The Balaban J connectivity index is 1.41. The first-order valence-electron chi connectivity index (χ1n) is 7.32. The lowest BCUT2D eigenvalue weighted by Gasteiger charge is -2.12. The van der Waals surface area contributed by atoms with Gasteiger partial charge in [0.15, 0.2) is 0 Å². The lowest BCUT2D eigenvalue weighted by atomic mass is 10.3. The second-order valence-electron chi connectivity index (χ2n) is 5.00. The third-order valence-electron chi connectivity index (χ3n) is 3.18. The van der Waals surface area contributed by atoms with Crippen LogP contribution in [0.25, 0.3) is 5.69 Å². The Morgan fingerprint density at radius 3 is 2.70 bits per heavy atom. The number of aliphatic hydroxyl groups excluding tert-OH is 1. The van der Waals surface area contributed by atoms with E-state index in [2.05, 4.69) is 5.10 Å². The van der Waals surface area contributed by atoms with Crippen molar-refractivity contribution in [3.05, 3.63) is 66.9 Å². The molecule has 6 heteroatoms. The van der Waals surface area contributed by atoms with Crippen LogP contribution in [0.3, 0.4) is 0 Å². The quantitative estimate of drug-likeness (QED) is 0.691. The van der Waals surface area contributed by atoms with E-state index in [-0.39, 0.29) is 13.2 Å². The molecule has 120 valence electrons. The highest BCUT2D eigenvalue weighted by atomic mass is 16.5. The summed E-state index contributed by atoms with van der Waals surface area (Å²) in [5.41, 5.74) is 0.949. The van der Waals surface area contributed by atoms with Crippen LogP contribution in [0.2, 0.25) is 0 Å². The first-order chi connectivity index (χ1) is 11.3. The van der Waals surface area contributed by atoms with E-state index in [9.17, 15) is 5.11 Å². The van der Waals surface area contributed by atoms with E-state index in [0.29, 0.717) is 12.4 Å². The Labute approximate surface area is 133 Å². The van der Waals surface area contributed by atoms with Crippen molar-refractivity contribution in [1.82, 2.24) is 9.78 Å². The van der Waals surface area contributed by atoms with Crippen molar-refractivity contribution < 1.29 is 19.0 Å². The molecular formula is C17H18N2O4. The summed E-state index contributed by atoms with van der Waals surface area (Å²) in [6.45, 7) is 0.688.